The van der Waals surface area contributed by atoms with Crippen LogP contribution in [0.5, 0.6) is 0 Å². The Morgan fingerprint density at radius 3 is 2.85 bits per heavy atom. The number of carbonyl (C=O) groups excluding carboxylic acids is 1. The Kier molecular flexibility index (Phi) is 4.91. The number of amides is 1. The maximum absolute atomic E-state index is 12.5. The number of aromatic amines is 1. The van der Waals surface area contributed by atoms with Gasteiger partial charge in [-0.3, -0.25) is 9.59 Å². The van der Waals surface area contributed by atoms with Crippen molar-refractivity contribution in [3.8, 4) is 0 Å². The van der Waals surface area contributed by atoms with Crippen molar-refractivity contribution in [3.05, 3.63) is 50.8 Å². The highest BCUT2D eigenvalue weighted by Crippen LogP contribution is 2.36. The van der Waals surface area contributed by atoms with E-state index in [1.54, 1.807) is 0 Å². The van der Waals surface area contributed by atoms with Crippen LogP contribution in [0.4, 0.5) is 5.69 Å². The molecule has 0 fully saturated rings. The van der Waals surface area contributed by atoms with E-state index in [4.69, 9.17) is 5.11 Å². The van der Waals surface area contributed by atoms with Crippen LogP contribution >= 0.6 is 15.9 Å². The lowest BCUT2D eigenvalue weighted by Gasteiger charge is -2.05. The number of halogens is 1. The molecule has 6 heteroatoms. The lowest BCUT2D eigenvalue weighted by atomic mass is 9.98. The molecule has 0 saturated carbocycles. The Hall–Kier alpha value is -2.34. The monoisotopic (exact) mass is 428 g/mol. The number of nitrogens with one attached hydrogen (secondary N) is 2. The fourth-order valence-electron chi connectivity index (χ4n) is 4.05. The summed E-state index contributed by atoms with van der Waals surface area (Å²) in [6, 6.07) is 5.74. The van der Waals surface area contributed by atoms with Crippen molar-refractivity contribution in [3.63, 3.8) is 0 Å². The van der Waals surface area contributed by atoms with Gasteiger partial charge in [0.1, 0.15) is 0 Å². The molecule has 0 radical (unpaired) electrons. The summed E-state index contributed by atoms with van der Waals surface area (Å²) < 4.78 is 0.913. The van der Waals surface area contributed by atoms with Crippen molar-refractivity contribution in [1.29, 1.82) is 0 Å². The maximum Gasteiger partial charge on any atom is 0.303 e. The van der Waals surface area contributed by atoms with Gasteiger partial charge in [-0.1, -0.05) is 28.4 Å². The van der Waals surface area contributed by atoms with E-state index in [1.807, 2.05) is 24.3 Å². The summed E-state index contributed by atoms with van der Waals surface area (Å²) in [5, 5.41) is 12.1. The molecule has 1 amide bonds. The molecule has 140 valence electrons. The predicted octanol–water partition coefficient (Wildman–Crippen LogP) is 4.56. The van der Waals surface area contributed by atoms with Crippen LogP contribution in [0.25, 0.3) is 11.6 Å². The number of aryl methyl sites for hydroxylation is 1. The van der Waals surface area contributed by atoms with Gasteiger partial charge >= 0.3 is 5.97 Å². The maximum atomic E-state index is 12.5. The van der Waals surface area contributed by atoms with Crippen molar-refractivity contribution in [2.75, 3.05) is 5.32 Å². The minimum Gasteiger partial charge on any atom is -0.481 e. The van der Waals surface area contributed by atoms with Gasteiger partial charge in [0.2, 0.25) is 0 Å². The first-order valence-electron chi connectivity index (χ1n) is 9.30. The number of aromatic nitrogens is 1. The molecule has 0 saturated heterocycles. The fourth-order valence-corrected chi connectivity index (χ4v) is 4.41. The van der Waals surface area contributed by atoms with Crippen LogP contribution in [0.1, 0.15) is 53.8 Å². The van der Waals surface area contributed by atoms with E-state index in [0.717, 1.165) is 52.7 Å². The van der Waals surface area contributed by atoms with Crippen LogP contribution in [0.15, 0.2) is 22.7 Å². The molecule has 2 heterocycles. The molecular formula is C21H21BrN2O3. The van der Waals surface area contributed by atoms with Gasteiger partial charge in [-0.15, -0.1) is 0 Å². The molecule has 5 nitrogen and oxygen atoms in total. The Morgan fingerprint density at radius 2 is 2.04 bits per heavy atom. The zero-order chi connectivity index (χ0) is 19.0. The number of anilines is 1. The lowest BCUT2D eigenvalue weighted by molar-refractivity contribution is -0.137. The average Bonchev–Trinajstić information content (AvgIpc) is 2.99. The first-order valence-corrected chi connectivity index (χ1v) is 10.1. The van der Waals surface area contributed by atoms with E-state index >= 15 is 0 Å². The van der Waals surface area contributed by atoms with Gasteiger partial charge in [-0.05, 0) is 61.4 Å². The van der Waals surface area contributed by atoms with Gasteiger partial charge in [0.25, 0.3) is 5.91 Å². The molecule has 3 N–H and O–H groups in total. The molecule has 2 aromatic rings. The summed E-state index contributed by atoms with van der Waals surface area (Å²) in [7, 11) is 0. The number of fused-ring (bicyclic) bond motifs is 2. The molecule has 1 aromatic heterocycles. The number of rotatable bonds is 4. The fraction of sp³-hybridized carbons (Fsp3) is 0.333. The SMILES string of the molecule is O=C(O)CCc1c(/C=C2\C(=O)Nc3cc(Br)ccc32)[nH]c2c1CCCCC2. The molecule has 0 spiro atoms. The number of aliphatic carboxylic acids is 1. The molecule has 0 unspecified atom stereocenters. The largest absolute Gasteiger partial charge is 0.481 e. The zero-order valence-electron chi connectivity index (χ0n) is 14.9. The number of hydrogen-bond donors (Lipinski definition) is 3. The molecule has 1 aromatic carbocycles. The number of carboxylic acid groups (broad SMARTS) is 1. The summed E-state index contributed by atoms with van der Waals surface area (Å²) >= 11 is 3.43. The Morgan fingerprint density at radius 1 is 1.22 bits per heavy atom. The number of H-pyrrole nitrogens is 1. The van der Waals surface area contributed by atoms with Gasteiger partial charge in [0, 0.05) is 27.8 Å². The van der Waals surface area contributed by atoms with Gasteiger partial charge in [-0.2, -0.15) is 0 Å². The Labute approximate surface area is 166 Å². The second-order valence-corrected chi connectivity index (χ2v) is 8.05. The molecule has 4 rings (SSSR count). The van der Waals surface area contributed by atoms with Gasteiger partial charge in [-0.25, -0.2) is 0 Å². The summed E-state index contributed by atoms with van der Waals surface area (Å²) in [6.45, 7) is 0. The summed E-state index contributed by atoms with van der Waals surface area (Å²) in [5.74, 6) is -0.928. The smallest absolute Gasteiger partial charge is 0.303 e. The normalized spacial score (nSPS) is 17.4. The van der Waals surface area contributed by atoms with E-state index in [1.165, 1.54) is 17.7 Å². The quantitative estimate of drug-likeness (QED) is 0.493. The van der Waals surface area contributed by atoms with E-state index in [0.29, 0.717) is 12.0 Å². The lowest BCUT2D eigenvalue weighted by Crippen LogP contribution is -2.04. The van der Waals surface area contributed by atoms with Crippen LogP contribution in [0, 0.1) is 0 Å². The number of hydrogen-bond acceptors (Lipinski definition) is 2. The second-order valence-electron chi connectivity index (χ2n) is 7.13. The third kappa shape index (κ3) is 3.58. The molecule has 0 atom stereocenters. The number of benzene rings is 1. The summed E-state index contributed by atoms with van der Waals surface area (Å²) in [6.07, 6.45) is 7.87. The number of carbonyl (C=O) groups is 2. The average molecular weight is 429 g/mol. The van der Waals surface area contributed by atoms with Crippen LogP contribution in [-0.4, -0.2) is 22.0 Å². The van der Waals surface area contributed by atoms with Gasteiger partial charge in [0.15, 0.2) is 0 Å². The van der Waals surface area contributed by atoms with Crippen molar-refractivity contribution in [1.82, 2.24) is 4.98 Å². The van der Waals surface area contributed by atoms with Crippen molar-refractivity contribution in [2.45, 2.75) is 44.9 Å². The Bertz CT molecular complexity index is 959. The van der Waals surface area contributed by atoms with Crippen molar-refractivity contribution < 1.29 is 14.7 Å². The van der Waals surface area contributed by atoms with Crippen molar-refractivity contribution in [2.24, 2.45) is 0 Å². The van der Waals surface area contributed by atoms with Crippen LogP contribution < -0.4 is 5.32 Å². The second kappa shape index (κ2) is 7.35. The van der Waals surface area contributed by atoms with Crippen LogP contribution in [0.3, 0.4) is 0 Å². The molecular weight excluding hydrogens is 408 g/mol. The van der Waals surface area contributed by atoms with E-state index in [9.17, 15) is 9.59 Å². The van der Waals surface area contributed by atoms with E-state index in [-0.39, 0.29) is 12.3 Å². The molecule has 1 aliphatic heterocycles. The summed E-state index contributed by atoms with van der Waals surface area (Å²) in [5.41, 5.74) is 6.68. The minimum absolute atomic E-state index is 0.0934. The summed E-state index contributed by atoms with van der Waals surface area (Å²) in [4.78, 5) is 27.2. The van der Waals surface area contributed by atoms with E-state index < -0.39 is 5.97 Å². The molecule has 2 aliphatic rings. The van der Waals surface area contributed by atoms with E-state index in [2.05, 4.69) is 26.2 Å². The number of carboxylic acids is 1. The highest BCUT2D eigenvalue weighted by molar-refractivity contribution is 9.10. The third-order valence-electron chi connectivity index (χ3n) is 5.33. The standard InChI is InChI=1S/C21H21BrN2O3/c22-12-6-7-15-16(21(27)24-18(15)10-12)11-19-14(8-9-20(25)26)13-4-2-1-3-5-17(13)23-19/h6-7,10-11,23H,1-5,8-9H2,(H,24,27)(H,25,26)/b16-11-. The van der Waals surface area contributed by atoms with Crippen LogP contribution in [0.2, 0.25) is 0 Å². The topological polar surface area (TPSA) is 82.2 Å². The third-order valence-corrected chi connectivity index (χ3v) is 5.83. The predicted molar refractivity (Wildman–Crippen MR) is 109 cm³/mol. The first kappa shape index (κ1) is 18.0. The minimum atomic E-state index is -0.800. The molecule has 27 heavy (non-hydrogen) atoms. The van der Waals surface area contributed by atoms with Gasteiger partial charge in [0.05, 0.1) is 11.3 Å². The van der Waals surface area contributed by atoms with Gasteiger partial charge < -0.3 is 15.4 Å². The molecule has 1 aliphatic carbocycles. The highest BCUT2D eigenvalue weighted by Gasteiger charge is 2.26. The first-order chi connectivity index (χ1) is 13.0. The van der Waals surface area contributed by atoms with Crippen molar-refractivity contribution >= 4 is 45.1 Å². The van der Waals surface area contributed by atoms with Crippen LogP contribution in [-0.2, 0) is 28.9 Å². The highest BCUT2D eigenvalue weighted by atomic mass is 79.9. The Balaban J connectivity index is 1.78. The molecule has 0 bridgehead atoms. The zero-order valence-corrected chi connectivity index (χ0v) is 16.5.